The predicted octanol–water partition coefficient (Wildman–Crippen LogP) is 2.89. The van der Waals surface area contributed by atoms with Gasteiger partial charge in [-0.25, -0.2) is 5.43 Å². The Bertz CT molecular complexity index is 606. The largest absolute Gasteiger partial charge is 0.483 e. The Morgan fingerprint density at radius 1 is 1.35 bits per heavy atom. The van der Waals surface area contributed by atoms with E-state index >= 15 is 0 Å². The quantitative estimate of drug-likeness (QED) is 0.679. The Balaban J connectivity index is 1.82. The molecule has 104 valence electrons. The molecule has 2 aromatic rings. The van der Waals surface area contributed by atoms with Crippen molar-refractivity contribution in [2.45, 2.75) is 13.8 Å². The average Bonchev–Trinajstić information content (AvgIpc) is 2.94. The van der Waals surface area contributed by atoms with Crippen LogP contribution in [0.2, 0.25) is 0 Å². The molecule has 0 unspecified atom stereocenters. The van der Waals surface area contributed by atoms with E-state index in [-0.39, 0.29) is 12.5 Å². The summed E-state index contributed by atoms with van der Waals surface area (Å²) in [5, 5.41) is 5.82. The van der Waals surface area contributed by atoms with Crippen LogP contribution in [0.3, 0.4) is 0 Å². The van der Waals surface area contributed by atoms with Crippen LogP contribution in [0.5, 0.6) is 5.75 Å². The molecule has 1 amide bonds. The lowest BCUT2D eigenvalue weighted by Crippen LogP contribution is -2.24. The third-order valence-corrected chi connectivity index (χ3v) is 3.64. The molecule has 0 aliphatic carbocycles. The van der Waals surface area contributed by atoms with Crippen molar-refractivity contribution in [3.63, 3.8) is 0 Å². The van der Waals surface area contributed by atoms with Crippen LogP contribution >= 0.6 is 11.3 Å². The third kappa shape index (κ3) is 3.93. The zero-order chi connectivity index (χ0) is 14.4. The summed E-state index contributed by atoms with van der Waals surface area (Å²) in [7, 11) is 0. The van der Waals surface area contributed by atoms with Gasteiger partial charge in [0.05, 0.1) is 6.21 Å². The van der Waals surface area contributed by atoms with Crippen LogP contribution in [-0.2, 0) is 4.79 Å². The molecule has 5 heteroatoms. The van der Waals surface area contributed by atoms with Crippen molar-refractivity contribution in [1.29, 1.82) is 0 Å². The normalized spacial score (nSPS) is 10.7. The van der Waals surface area contributed by atoms with Crippen LogP contribution in [-0.4, -0.2) is 18.7 Å². The first-order valence-electron chi connectivity index (χ1n) is 6.21. The van der Waals surface area contributed by atoms with E-state index < -0.39 is 0 Å². The molecule has 0 radical (unpaired) electrons. The summed E-state index contributed by atoms with van der Waals surface area (Å²) in [5.41, 5.74) is 4.62. The van der Waals surface area contributed by atoms with Gasteiger partial charge in [0, 0.05) is 4.88 Å². The zero-order valence-electron chi connectivity index (χ0n) is 11.4. The van der Waals surface area contributed by atoms with Crippen LogP contribution in [0.25, 0.3) is 0 Å². The molecule has 0 saturated carbocycles. The average molecular weight is 288 g/mol. The summed E-state index contributed by atoms with van der Waals surface area (Å²) in [5.74, 6) is 0.445. The molecule has 0 saturated heterocycles. The number of hydrogen-bond donors (Lipinski definition) is 1. The van der Waals surface area contributed by atoms with E-state index in [1.54, 1.807) is 17.6 Å². The minimum absolute atomic E-state index is 0.0495. The standard InChI is InChI=1S/C15H16N2O2S/c1-11-5-3-7-14(12(11)2)19-10-15(18)17-16-9-13-6-4-8-20-13/h3-9H,10H2,1-2H3,(H,17,18). The number of rotatable bonds is 5. The molecule has 1 N–H and O–H groups in total. The summed E-state index contributed by atoms with van der Waals surface area (Å²) < 4.78 is 5.48. The maximum Gasteiger partial charge on any atom is 0.277 e. The van der Waals surface area contributed by atoms with Gasteiger partial charge in [-0.1, -0.05) is 18.2 Å². The van der Waals surface area contributed by atoms with Crippen molar-refractivity contribution in [2.24, 2.45) is 5.10 Å². The second kappa shape index (κ2) is 6.86. The minimum Gasteiger partial charge on any atom is -0.483 e. The summed E-state index contributed by atoms with van der Waals surface area (Å²) in [6.45, 7) is 3.93. The highest BCUT2D eigenvalue weighted by atomic mass is 32.1. The minimum atomic E-state index is -0.279. The Morgan fingerprint density at radius 2 is 2.20 bits per heavy atom. The lowest BCUT2D eigenvalue weighted by atomic mass is 10.1. The Morgan fingerprint density at radius 3 is 2.95 bits per heavy atom. The van der Waals surface area contributed by atoms with E-state index in [0.717, 1.165) is 21.8 Å². The van der Waals surface area contributed by atoms with Gasteiger partial charge in [0.1, 0.15) is 5.75 Å². The summed E-state index contributed by atoms with van der Waals surface area (Å²) in [6, 6.07) is 9.62. The van der Waals surface area contributed by atoms with Crippen molar-refractivity contribution in [1.82, 2.24) is 5.43 Å². The number of aryl methyl sites for hydroxylation is 1. The lowest BCUT2D eigenvalue weighted by molar-refractivity contribution is -0.123. The number of thiophene rings is 1. The van der Waals surface area contributed by atoms with Crippen LogP contribution in [0.1, 0.15) is 16.0 Å². The fourth-order valence-corrected chi connectivity index (χ4v) is 2.17. The Hall–Kier alpha value is -2.14. The number of ether oxygens (including phenoxy) is 1. The van der Waals surface area contributed by atoms with E-state index in [0.29, 0.717) is 0 Å². The van der Waals surface area contributed by atoms with E-state index in [9.17, 15) is 4.79 Å². The molecule has 1 aromatic carbocycles. The number of carbonyl (C=O) groups is 1. The maximum atomic E-state index is 11.6. The highest BCUT2D eigenvalue weighted by Gasteiger charge is 2.05. The fourth-order valence-electron chi connectivity index (χ4n) is 1.59. The van der Waals surface area contributed by atoms with Crippen molar-refractivity contribution in [3.8, 4) is 5.75 Å². The number of amides is 1. The first kappa shape index (κ1) is 14.3. The summed E-state index contributed by atoms with van der Waals surface area (Å²) >= 11 is 1.56. The molecule has 2 rings (SSSR count). The second-order valence-electron chi connectivity index (χ2n) is 4.30. The number of nitrogens with zero attached hydrogens (tertiary/aromatic N) is 1. The van der Waals surface area contributed by atoms with Gasteiger partial charge >= 0.3 is 0 Å². The Kier molecular flexibility index (Phi) is 4.90. The zero-order valence-corrected chi connectivity index (χ0v) is 12.2. The second-order valence-corrected chi connectivity index (χ2v) is 5.27. The molecule has 0 atom stereocenters. The lowest BCUT2D eigenvalue weighted by Gasteiger charge is -2.09. The summed E-state index contributed by atoms with van der Waals surface area (Å²) in [6.07, 6.45) is 1.61. The molecule has 0 aliphatic heterocycles. The third-order valence-electron chi connectivity index (χ3n) is 2.84. The molecular formula is C15H16N2O2S. The van der Waals surface area contributed by atoms with Gasteiger partial charge in [0.25, 0.3) is 5.91 Å². The highest BCUT2D eigenvalue weighted by molar-refractivity contribution is 7.11. The van der Waals surface area contributed by atoms with Gasteiger partial charge in [-0.15, -0.1) is 11.3 Å². The van der Waals surface area contributed by atoms with Crippen LogP contribution in [0, 0.1) is 13.8 Å². The van der Waals surface area contributed by atoms with Crippen molar-refractivity contribution in [3.05, 3.63) is 51.7 Å². The van der Waals surface area contributed by atoms with Crippen molar-refractivity contribution >= 4 is 23.5 Å². The monoisotopic (exact) mass is 288 g/mol. The highest BCUT2D eigenvalue weighted by Crippen LogP contribution is 2.20. The van der Waals surface area contributed by atoms with Crippen LogP contribution < -0.4 is 10.2 Å². The number of hydrazone groups is 1. The fraction of sp³-hybridized carbons (Fsp3) is 0.200. The van der Waals surface area contributed by atoms with E-state index in [1.807, 2.05) is 49.6 Å². The Labute approximate surface area is 122 Å². The molecule has 1 aromatic heterocycles. The van der Waals surface area contributed by atoms with Crippen molar-refractivity contribution < 1.29 is 9.53 Å². The first-order valence-corrected chi connectivity index (χ1v) is 7.09. The number of benzene rings is 1. The molecule has 4 nitrogen and oxygen atoms in total. The SMILES string of the molecule is Cc1cccc(OCC(=O)NN=Cc2cccs2)c1C. The smallest absolute Gasteiger partial charge is 0.277 e. The van der Waals surface area contributed by atoms with Crippen LogP contribution in [0.4, 0.5) is 0 Å². The number of nitrogens with one attached hydrogen (secondary N) is 1. The van der Waals surface area contributed by atoms with Crippen molar-refractivity contribution in [2.75, 3.05) is 6.61 Å². The predicted molar refractivity (Wildman–Crippen MR) is 81.5 cm³/mol. The molecule has 0 aliphatic rings. The maximum absolute atomic E-state index is 11.6. The van der Waals surface area contributed by atoms with E-state index in [4.69, 9.17) is 4.74 Å². The van der Waals surface area contributed by atoms with Gasteiger partial charge in [0.2, 0.25) is 0 Å². The molecule has 0 fully saturated rings. The number of hydrogen-bond acceptors (Lipinski definition) is 4. The molecule has 1 heterocycles. The molecule has 20 heavy (non-hydrogen) atoms. The van der Waals surface area contributed by atoms with Gasteiger partial charge < -0.3 is 4.74 Å². The first-order chi connectivity index (χ1) is 9.66. The van der Waals surface area contributed by atoms with E-state index in [2.05, 4.69) is 10.5 Å². The summed E-state index contributed by atoms with van der Waals surface area (Å²) in [4.78, 5) is 12.6. The molecule has 0 spiro atoms. The van der Waals surface area contributed by atoms with E-state index in [1.165, 1.54) is 0 Å². The number of carbonyl (C=O) groups excluding carboxylic acids is 1. The van der Waals surface area contributed by atoms with Gasteiger partial charge in [-0.2, -0.15) is 5.10 Å². The molecule has 0 bridgehead atoms. The van der Waals surface area contributed by atoms with Gasteiger partial charge in [-0.3, -0.25) is 4.79 Å². The topological polar surface area (TPSA) is 50.7 Å². The molecular weight excluding hydrogens is 272 g/mol. The van der Waals surface area contributed by atoms with Gasteiger partial charge in [0.15, 0.2) is 6.61 Å². The van der Waals surface area contributed by atoms with Gasteiger partial charge in [-0.05, 0) is 42.5 Å². The van der Waals surface area contributed by atoms with Crippen LogP contribution in [0.15, 0.2) is 40.8 Å².